The van der Waals surface area contributed by atoms with Crippen molar-refractivity contribution in [1.29, 1.82) is 0 Å². The highest BCUT2D eigenvalue weighted by Crippen LogP contribution is 2.26. The van der Waals surface area contributed by atoms with Crippen molar-refractivity contribution < 1.29 is 14.0 Å². The quantitative estimate of drug-likeness (QED) is 0.438. The summed E-state index contributed by atoms with van der Waals surface area (Å²) < 4.78 is 5.35. The van der Waals surface area contributed by atoms with E-state index in [1.807, 2.05) is 54.6 Å². The molecular weight excluding hydrogens is 440 g/mol. The van der Waals surface area contributed by atoms with E-state index in [2.05, 4.69) is 16.3 Å². The van der Waals surface area contributed by atoms with Crippen molar-refractivity contribution in [1.82, 2.24) is 20.0 Å². The van der Waals surface area contributed by atoms with Crippen LogP contribution in [0.2, 0.25) is 0 Å². The summed E-state index contributed by atoms with van der Waals surface area (Å²) in [5, 5.41) is 7.51. The van der Waals surface area contributed by atoms with Crippen LogP contribution in [0.3, 0.4) is 0 Å². The Bertz CT molecular complexity index is 1300. The smallest absolute Gasteiger partial charge is 0.290 e. The zero-order valence-electron chi connectivity index (χ0n) is 19.7. The molecule has 0 saturated heterocycles. The molecule has 1 unspecified atom stereocenters. The van der Waals surface area contributed by atoms with E-state index in [9.17, 15) is 9.59 Å². The minimum atomic E-state index is -0.565. The molecule has 2 aromatic heterocycles. The number of hydrogen-bond donors (Lipinski definition) is 1. The summed E-state index contributed by atoms with van der Waals surface area (Å²) in [6, 6.07) is 22.8. The average Bonchev–Trinajstić information content (AvgIpc) is 3.60. The molecule has 2 amide bonds. The number of nitrogens with one attached hydrogen (secondary N) is 1. The molecule has 0 fully saturated rings. The molecule has 0 bridgehead atoms. The molecule has 0 radical (unpaired) electrons. The summed E-state index contributed by atoms with van der Waals surface area (Å²) in [6.45, 7) is 0.968. The van der Waals surface area contributed by atoms with Crippen molar-refractivity contribution in [2.45, 2.75) is 31.8 Å². The number of benzene rings is 2. The fourth-order valence-electron chi connectivity index (χ4n) is 4.62. The van der Waals surface area contributed by atoms with Crippen LogP contribution in [0.15, 0.2) is 83.5 Å². The van der Waals surface area contributed by atoms with E-state index in [-0.39, 0.29) is 17.6 Å². The zero-order chi connectivity index (χ0) is 24.2. The van der Waals surface area contributed by atoms with Gasteiger partial charge in [0.2, 0.25) is 5.91 Å². The second-order valence-electron chi connectivity index (χ2n) is 8.91. The summed E-state index contributed by atoms with van der Waals surface area (Å²) in [5.41, 5.74) is 5.19. The summed E-state index contributed by atoms with van der Waals surface area (Å²) in [4.78, 5) is 30.1. The topological polar surface area (TPSA) is 82.4 Å². The van der Waals surface area contributed by atoms with Crippen molar-refractivity contribution in [3.63, 3.8) is 0 Å². The first-order valence-corrected chi connectivity index (χ1v) is 11.9. The number of carbonyl (C=O) groups is 2. The number of fused-ring (bicyclic) bond motifs is 1. The maximum Gasteiger partial charge on any atom is 0.290 e. The van der Waals surface area contributed by atoms with Crippen LogP contribution < -0.4 is 0 Å². The van der Waals surface area contributed by atoms with Crippen LogP contribution in [0, 0.1) is 0 Å². The first-order chi connectivity index (χ1) is 17.1. The lowest BCUT2D eigenvalue weighted by Gasteiger charge is -2.37. The van der Waals surface area contributed by atoms with Crippen molar-refractivity contribution in [2.75, 3.05) is 13.6 Å². The standard InChI is InChI=1S/C28H28N4O3/c1-31(15-7-13-23-18-24(30-29-23)20-9-3-2-4-10-20)27(33)25-17-21-11-5-6-12-22(21)19-32(25)28(34)26-14-8-16-35-26/h2-6,8-12,14,16,18,25H,7,13,15,17,19H2,1H3,(H,29,30). The van der Waals surface area contributed by atoms with Gasteiger partial charge in [0.05, 0.1) is 12.0 Å². The van der Waals surface area contributed by atoms with E-state index in [1.54, 1.807) is 29.0 Å². The normalized spacial score (nSPS) is 15.0. The van der Waals surface area contributed by atoms with Gasteiger partial charge in [0.25, 0.3) is 5.91 Å². The molecular formula is C28H28N4O3. The van der Waals surface area contributed by atoms with Gasteiger partial charge in [0, 0.05) is 37.8 Å². The number of aromatic amines is 1. The molecule has 1 aliphatic heterocycles. The maximum atomic E-state index is 13.5. The second-order valence-corrected chi connectivity index (χ2v) is 8.91. The van der Waals surface area contributed by atoms with Crippen LogP contribution in [-0.2, 0) is 24.2 Å². The molecule has 178 valence electrons. The second kappa shape index (κ2) is 10.0. The lowest BCUT2D eigenvalue weighted by atomic mass is 9.93. The van der Waals surface area contributed by atoms with E-state index >= 15 is 0 Å². The van der Waals surface area contributed by atoms with Crippen LogP contribution in [0.25, 0.3) is 11.3 Å². The number of likely N-dealkylation sites (N-methyl/N-ethyl adjacent to an activating group) is 1. The average molecular weight is 469 g/mol. The van der Waals surface area contributed by atoms with E-state index in [1.165, 1.54) is 6.26 Å². The van der Waals surface area contributed by atoms with Crippen LogP contribution >= 0.6 is 0 Å². The van der Waals surface area contributed by atoms with Crippen molar-refractivity contribution in [3.8, 4) is 11.3 Å². The molecule has 35 heavy (non-hydrogen) atoms. The molecule has 7 nitrogen and oxygen atoms in total. The van der Waals surface area contributed by atoms with Gasteiger partial charge in [-0.1, -0.05) is 54.6 Å². The van der Waals surface area contributed by atoms with Gasteiger partial charge in [0.15, 0.2) is 5.76 Å². The molecule has 1 N–H and O–H groups in total. The number of nitrogens with zero attached hydrogens (tertiary/aromatic N) is 3. The number of rotatable bonds is 7. The van der Waals surface area contributed by atoms with E-state index in [4.69, 9.17) is 4.42 Å². The third-order valence-electron chi connectivity index (χ3n) is 6.54. The van der Waals surface area contributed by atoms with Gasteiger partial charge in [-0.2, -0.15) is 5.10 Å². The minimum Gasteiger partial charge on any atom is -0.459 e. The largest absolute Gasteiger partial charge is 0.459 e. The van der Waals surface area contributed by atoms with Gasteiger partial charge in [-0.25, -0.2) is 0 Å². The Balaban J connectivity index is 1.24. The fraction of sp³-hybridized carbons (Fsp3) is 0.250. The summed E-state index contributed by atoms with van der Waals surface area (Å²) >= 11 is 0. The highest BCUT2D eigenvalue weighted by Gasteiger charge is 2.37. The monoisotopic (exact) mass is 468 g/mol. The predicted octanol–water partition coefficient (Wildman–Crippen LogP) is 4.33. The van der Waals surface area contributed by atoms with E-state index in [0.717, 1.165) is 40.9 Å². The third kappa shape index (κ3) is 4.89. The molecule has 1 atom stereocenters. The van der Waals surface area contributed by atoms with Gasteiger partial charge in [-0.15, -0.1) is 0 Å². The van der Waals surface area contributed by atoms with Crippen molar-refractivity contribution >= 4 is 11.8 Å². The van der Waals surface area contributed by atoms with Crippen LogP contribution in [0.5, 0.6) is 0 Å². The Hall–Kier alpha value is -4.13. The Morgan fingerprint density at radius 3 is 2.60 bits per heavy atom. The summed E-state index contributed by atoms with van der Waals surface area (Å²) in [5.74, 6) is -0.0746. The highest BCUT2D eigenvalue weighted by atomic mass is 16.3. The molecule has 1 aliphatic rings. The number of hydrogen-bond acceptors (Lipinski definition) is 4. The SMILES string of the molecule is CN(CCCc1cc(-c2ccccc2)n[nH]1)C(=O)C1Cc2ccccc2CN1C(=O)c1ccco1. The highest BCUT2D eigenvalue weighted by molar-refractivity contribution is 5.96. The van der Waals surface area contributed by atoms with E-state index < -0.39 is 6.04 Å². The van der Waals surface area contributed by atoms with Crippen LogP contribution in [0.1, 0.15) is 33.8 Å². The summed E-state index contributed by atoms with van der Waals surface area (Å²) in [6.07, 6.45) is 3.54. The summed E-state index contributed by atoms with van der Waals surface area (Å²) in [7, 11) is 1.81. The molecule has 0 aliphatic carbocycles. The van der Waals surface area contributed by atoms with Crippen LogP contribution in [-0.4, -0.2) is 51.4 Å². The van der Waals surface area contributed by atoms with Gasteiger partial charge >= 0.3 is 0 Å². The Kier molecular flexibility index (Phi) is 6.48. The van der Waals surface area contributed by atoms with Crippen molar-refractivity contribution in [3.05, 3.63) is 102 Å². The molecule has 0 saturated carbocycles. The van der Waals surface area contributed by atoms with Gasteiger partial charge in [0.1, 0.15) is 6.04 Å². The van der Waals surface area contributed by atoms with E-state index in [0.29, 0.717) is 19.5 Å². The van der Waals surface area contributed by atoms with Gasteiger partial charge in [-0.05, 0) is 42.2 Å². The first-order valence-electron chi connectivity index (χ1n) is 11.9. The number of aromatic nitrogens is 2. The Morgan fingerprint density at radius 1 is 1.06 bits per heavy atom. The minimum absolute atomic E-state index is 0.0611. The molecule has 7 heteroatoms. The fourth-order valence-corrected chi connectivity index (χ4v) is 4.62. The molecule has 3 heterocycles. The lowest BCUT2D eigenvalue weighted by Crippen LogP contribution is -2.53. The Morgan fingerprint density at radius 2 is 1.83 bits per heavy atom. The third-order valence-corrected chi connectivity index (χ3v) is 6.54. The molecule has 4 aromatic rings. The lowest BCUT2D eigenvalue weighted by molar-refractivity contribution is -0.135. The number of furan rings is 1. The zero-order valence-corrected chi connectivity index (χ0v) is 19.7. The van der Waals surface area contributed by atoms with Crippen molar-refractivity contribution in [2.24, 2.45) is 0 Å². The number of H-pyrrole nitrogens is 1. The molecule has 0 spiro atoms. The predicted molar refractivity (Wildman–Crippen MR) is 132 cm³/mol. The number of carbonyl (C=O) groups excluding carboxylic acids is 2. The van der Waals surface area contributed by atoms with Gasteiger partial charge < -0.3 is 14.2 Å². The maximum absolute atomic E-state index is 13.5. The van der Waals surface area contributed by atoms with Crippen LogP contribution in [0.4, 0.5) is 0 Å². The molecule has 5 rings (SSSR count). The Labute approximate surface area is 204 Å². The molecule has 2 aromatic carbocycles. The number of aryl methyl sites for hydroxylation is 1. The van der Waals surface area contributed by atoms with Gasteiger partial charge in [-0.3, -0.25) is 14.7 Å². The number of amides is 2. The first kappa shape index (κ1) is 22.7.